The van der Waals surface area contributed by atoms with E-state index >= 15 is 0 Å². The molecule has 4 rings (SSSR count). The average molecular weight is 486 g/mol. The maximum absolute atomic E-state index is 12.4. The van der Waals surface area contributed by atoms with Crippen LogP contribution in [0.5, 0.6) is 11.5 Å². The normalized spacial score (nSPS) is 10.5. The van der Waals surface area contributed by atoms with Crippen molar-refractivity contribution in [1.82, 2.24) is 10.5 Å². The Bertz CT molecular complexity index is 1270. The lowest BCUT2D eigenvalue weighted by Gasteiger charge is -2.08. The smallest absolute Gasteiger partial charge is 0.273 e. The molecule has 0 aliphatic carbocycles. The van der Waals surface area contributed by atoms with E-state index in [9.17, 15) is 9.59 Å². The molecule has 0 spiro atoms. The molecule has 2 amide bonds. The van der Waals surface area contributed by atoms with Crippen molar-refractivity contribution in [3.05, 3.63) is 108 Å². The van der Waals surface area contributed by atoms with Gasteiger partial charge in [-0.1, -0.05) is 35.5 Å². The number of nitrogens with zero attached hydrogens (tertiary/aromatic N) is 1. The summed E-state index contributed by atoms with van der Waals surface area (Å²) < 4.78 is 16.0. The predicted molar refractivity (Wildman–Crippen MR) is 135 cm³/mol. The van der Waals surface area contributed by atoms with E-state index in [1.165, 1.54) is 5.56 Å². The molecule has 8 heteroatoms. The van der Waals surface area contributed by atoms with Crippen LogP contribution in [0.1, 0.15) is 38.6 Å². The molecular formula is C28H27N3O5. The minimum atomic E-state index is -0.282. The third-order valence-corrected chi connectivity index (χ3v) is 5.41. The Labute approximate surface area is 209 Å². The molecule has 3 aromatic carbocycles. The number of hydrogen-bond acceptors (Lipinski definition) is 6. The molecule has 8 nitrogen and oxygen atoms in total. The summed E-state index contributed by atoms with van der Waals surface area (Å²) in [5.74, 6) is 1.20. The number of aryl methyl sites for hydroxylation is 1. The molecule has 1 aromatic heterocycles. The SMILES string of the molecule is COc1ccc(C(=O)Nc2ccc(OCc3cc(C(=O)NCCCc4ccccc4)no3)cc2)cc1. The summed E-state index contributed by atoms with van der Waals surface area (Å²) in [6.45, 7) is 0.666. The van der Waals surface area contributed by atoms with Gasteiger partial charge < -0.3 is 24.6 Å². The van der Waals surface area contributed by atoms with E-state index in [0.29, 0.717) is 35.1 Å². The molecule has 0 saturated heterocycles. The first kappa shape index (κ1) is 24.5. The highest BCUT2D eigenvalue weighted by atomic mass is 16.5. The van der Waals surface area contributed by atoms with E-state index in [1.807, 2.05) is 18.2 Å². The summed E-state index contributed by atoms with van der Waals surface area (Å²) in [6.07, 6.45) is 1.73. The van der Waals surface area contributed by atoms with Crippen molar-refractivity contribution in [3.8, 4) is 11.5 Å². The Hall–Kier alpha value is -4.59. The zero-order valence-electron chi connectivity index (χ0n) is 19.9. The molecule has 2 N–H and O–H groups in total. The fraction of sp³-hybridized carbons (Fsp3) is 0.179. The molecule has 1 heterocycles. The van der Waals surface area contributed by atoms with Crippen molar-refractivity contribution >= 4 is 17.5 Å². The highest BCUT2D eigenvalue weighted by Crippen LogP contribution is 2.19. The number of nitrogens with one attached hydrogen (secondary N) is 2. The first-order valence-corrected chi connectivity index (χ1v) is 11.6. The zero-order chi connectivity index (χ0) is 25.2. The number of carbonyl (C=O) groups is 2. The minimum absolute atomic E-state index is 0.117. The second-order valence-corrected chi connectivity index (χ2v) is 8.02. The number of anilines is 1. The van der Waals surface area contributed by atoms with Crippen molar-refractivity contribution < 1.29 is 23.6 Å². The quantitative estimate of drug-likeness (QED) is 0.294. The lowest BCUT2D eigenvalue weighted by atomic mass is 10.1. The standard InChI is InChI=1S/C28H27N3O5/c1-34-23-13-9-21(10-14-23)27(32)30-22-11-15-24(16-12-22)35-19-25-18-26(31-36-25)28(33)29-17-5-8-20-6-3-2-4-7-20/h2-4,6-7,9-16,18H,5,8,17,19H2,1H3,(H,29,33)(H,30,32). The fourth-order valence-corrected chi connectivity index (χ4v) is 3.45. The second kappa shape index (κ2) is 12.2. The monoisotopic (exact) mass is 485 g/mol. The van der Waals surface area contributed by atoms with Gasteiger partial charge in [0.25, 0.3) is 11.8 Å². The molecule has 36 heavy (non-hydrogen) atoms. The number of aromatic nitrogens is 1. The number of hydrogen-bond donors (Lipinski definition) is 2. The van der Waals surface area contributed by atoms with E-state index in [-0.39, 0.29) is 24.1 Å². The van der Waals surface area contributed by atoms with Gasteiger partial charge >= 0.3 is 0 Å². The average Bonchev–Trinajstić information content (AvgIpc) is 3.40. The summed E-state index contributed by atoms with van der Waals surface area (Å²) >= 11 is 0. The Morgan fingerprint density at radius 1 is 0.889 bits per heavy atom. The lowest BCUT2D eigenvalue weighted by molar-refractivity contribution is 0.0943. The first-order chi connectivity index (χ1) is 17.6. The molecule has 184 valence electrons. The molecular weight excluding hydrogens is 458 g/mol. The van der Waals surface area contributed by atoms with E-state index in [4.69, 9.17) is 14.0 Å². The highest BCUT2D eigenvalue weighted by molar-refractivity contribution is 6.04. The maximum atomic E-state index is 12.4. The maximum Gasteiger partial charge on any atom is 0.273 e. The van der Waals surface area contributed by atoms with Crippen molar-refractivity contribution in [3.63, 3.8) is 0 Å². The largest absolute Gasteiger partial charge is 0.497 e. The Morgan fingerprint density at radius 3 is 2.33 bits per heavy atom. The Kier molecular flexibility index (Phi) is 8.32. The van der Waals surface area contributed by atoms with Crippen LogP contribution < -0.4 is 20.1 Å². The van der Waals surface area contributed by atoms with Crippen LogP contribution in [0.25, 0.3) is 0 Å². The molecule has 0 atom stereocenters. The van der Waals surface area contributed by atoms with Gasteiger partial charge in [0, 0.05) is 23.9 Å². The van der Waals surface area contributed by atoms with Gasteiger partial charge in [-0.2, -0.15) is 0 Å². The lowest BCUT2D eigenvalue weighted by Crippen LogP contribution is -2.25. The molecule has 0 saturated carbocycles. The fourth-order valence-electron chi connectivity index (χ4n) is 3.45. The summed E-state index contributed by atoms with van der Waals surface area (Å²) in [5.41, 5.74) is 2.61. The molecule has 0 aliphatic heterocycles. The van der Waals surface area contributed by atoms with Crippen LogP contribution in [-0.4, -0.2) is 30.6 Å². The third-order valence-electron chi connectivity index (χ3n) is 5.41. The predicted octanol–water partition coefficient (Wildman–Crippen LogP) is 4.88. The van der Waals surface area contributed by atoms with Crippen LogP contribution in [0.2, 0.25) is 0 Å². The van der Waals surface area contributed by atoms with Gasteiger partial charge in [0.15, 0.2) is 11.5 Å². The van der Waals surface area contributed by atoms with Gasteiger partial charge in [-0.15, -0.1) is 0 Å². The van der Waals surface area contributed by atoms with Crippen LogP contribution in [0, 0.1) is 0 Å². The van der Waals surface area contributed by atoms with Gasteiger partial charge in [-0.25, -0.2) is 0 Å². The summed E-state index contributed by atoms with van der Waals surface area (Å²) in [5, 5.41) is 9.52. The van der Waals surface area contributed by atoms with E-state index < -0.39 is 0 Å². The van der Waals surface area contributed by atoms with Crippen molar-refractivity contribution in [2.45, 2.75) is 19.4 Å². The van der Waals surface area contributed by atoms with Crippen molar-refractivity contribution in [2.24, 2.45) is 0 Å². The summed E-state index contributed by atoms with van der Waals surface area (Å²) in [7, 11) is 1.58. The van der Waals surface area contributed by atoms with E-state index in [1.54, 1.807) is 61.7 Å². The van der Waals surface area contributed by atoms with Gasteiger partial charge in [0.2, 0.25) is 0 Å². The summed E-state index contributed by atoms with van der Waals surface area (Å²) in [6, 6.07) is 25.5. The first-order valence-electron chi connectivity index (χ1n) is 11.6. The van der Waals surface area contributed by atoms with Crippen LogP contribution in [0.3, 0.4) is 0 Å². The van der Waals surface area contributed by atoms with Crippen LogP contribution in [-0.2, 0) is 13.0 Å². The topological polar surface area (TPSA) is 103 Å². The number of rotatable bonds is 11. The van der Waals surface area contributed by atoms with Gasteiger partial charge in [0.05, 0.1) is 7.11 Å². The number of carbonyl (C=O) groups excluding carboxylic acids is 2. The molecule has 0 unspecified atom stereocenters. The Balaban J connectivity index is 1.20. The van der Waals surface area contributed by atoms with Crippen molar-refractivity contribution in [1.29, 1.82) is 0 Å². The number of amides is 2. The molecule has 0 bridgehead atoms. The minimum Gasteiger partial charge on any atom is -0.497 e. The second-order valence-electron chi connectivity index (χ2n) is 8.02. The van der Waals surface area contributed by atoms with Gasteiger partial charge in [0.1, 0.15) is 18.1 Å². The van der Waals surface area contributed by atoms with Gasteiger partial charge in [-0.3, -0.25) is 9.59 Å². The van der Waals surface area contributed by atoms with E-state index in [2.05, 4.69) is 27.9 Å². The Morgan fingerprint density at radius 2 is 1.61 bits per heavy atom. The molecule has 4 aromatic rings. The van der Waals surface area contributed by atoms with Gasteiger partial charge in [-0.05, 0) is 66.9 Å². The molecule has 0 aliphatic rings. The van der Waals surface area contributed by atoms with E-state index in [0.717, 1.165) is 12.8 Å². The molecule has 0 radical (unpaired) electrons. The van der Waals surface area contributed by atoms with Crippen LogP contribution in [0.15, 0.2) is 89.5 Å². The zero-order valence-corrected chi connectivity index (χ0v) is 19.9. The third kappa shape index (κ3) is 6.96. The highest BCUT2D eigenvalue weighted by Gasteiger charge is 2.13. The van der Waals surface area contributed by atoms with Crippen molar-refractivity contribution in [2.75, 3.05) is 19.0 Å². The summed E-state index contributed by atoms with van der Waals surface area (Å²) in [4.78, 5) is 24.7. The number of benzene rings is 3. The van der Waals surface area contributed by atoms with Crippen LogP contribution in [0.4, 0.5) is 5.69 Å². The number of methoxy groups -OCH3 is 1. The van der Waals surface area contributed by atoms with Crippen LogP contribution >= 0.6 is 0 Å². The molecule has 0 fully saturated rings. The number of ether oxygens (including phenoxy) is 2.